The number of aromatic nitrogens is 1. The highest BCUT2D eigenvalue weighted by molar-refractivity contribution is 5.52. The molecule has 4 heteroatoms. The summed E-state index contributed by atoms with van der Waals surface area (Å²) in [6.07, 6.45) is 9.41. The average Bonchev–Trinajstić information content (AvgIpc) is 2.99. The summed E-state index contributed by atoms with van der Waals surface area (Å²) >= 11 is 0. The number of pyridine rings is 1. The Hall–Kier alpha value is -1.13. The Morgan fingerprint density at radius 2 is 2.10 bits per heavy atom. The zero-order valence-electron chi connectivity index (χ0n) is 12.5. The van der Waals surface area contributed by atoms with E-state index in [9.17, 15) is 0 Å². The van der Waals surface area contributed by atoms with Crippen LogP contribution in [0.2, 0.25) is 0 Å². The third-order valence-electron chi connectivity index (χ3n) is 4.67. The minimum atomic E-state index is 0.748. The summed E-state index contributed by atoms with van der Waals surface area (Å²) in [4.78, 5) is 9.56. The van der Waals surface area contributed by atoms with Crippen molar-refractivity contribution in [3.05, 3.63) is 24.0 Å². The fourth-order valence-corrected chi connectivity index (χ4v) is 3.58. The first-order chi connectivity index (χ1) is 9.88. The van der Waals surface area contributed by atoms with Gasteiger partial charge in [-0.15, -0.1) is 0 Å². The molecule has 1 atom stereocenters. The fraction of sp³-hybridized carbons (Fsp3) is 0.688. The number of hydrogen-bond donors (Lipinski definition) is 1. The summed E-state index contributed by atoms with van der Waals surface area (Å²) in [7, 11) is 2.00. The predicted octanol–water partition coefficient (Wildman–Crippen LogP) is 1.87. The summed E-state index contributed by atoms with van der Waals surface area (Å²) in [6.45, 7) is 5.86. The van der Waals surface area contributed by atoms with E-state index in [0.717, 1.165) is 12.6 Å². The molecule has 110 valence electrons. The topological polar surface area (TPSA) is 31.4 Å². The Balaban J connectivity index is 1.67. The van der Waals surface area contributed by atoms with Crippen molar-refractivity contribution in [3.63, 3.8) is 0 Å². The molecule has 0 aromatic carbocycles. The smallest absolute Gasteiger partial charge is 0.0598 e. The van der Waals surface area contributed by atoms with Gasteiger partial charge in [0.1, 0.15) is 0 Å². The molecule has 1 aromatic rings. The zero-order chi connectivity index (χ0) is 13.8. The predicted molar refractivity (Wildman–Crippen MR) is 83.0 cm³/mol. The highest BCUT2D eigenvalue weighted by atomic mass is 15.3. The van der Waals surface area contributed by atoms with Crippen LogP contribution in [0.3, 0.4) is 0 Å². The van der Waals surface area contributed by atoms with E-state index in [0.29, 0.717) is 0 Å². The van der Waals surface area contributed by atoms with Crippen LogP contribution >= 0.6 is 0 Å². The molecule has 2 aliphatic rings. The largest absolute Gasteiger partial charge is 0.368 e. The SMILES string of the molecule is CNCc1ccncc1N1CCC(N2CCCCC2)C1. The van der Waals surface area contributed by atoms with Crippen molar-refractivity contribution in [1.29, 1.82) is 0 Å². The lowest BCUT2D eigenvalue weighted by atomic mass is 10.1. The van der Waals surface area contributed by atoms with Gasteiger partial charge in [0.15, 0.2) is 0 Å². The number of nitrogens with one attached hydrogen (secondary N) is 1. The van der Waals surface area contributed by atoms with Gasteiger partial charge < -0.3 is 10.2 Å². The molecule has 4 nitrogen and oxygen atoms in total. The first kappa shape index (κ1) is 13.8. The van der Waals surface area contributed by atoms with E-state index in [2.05, 4.69) is 26.2 Å². The molecular weight excluding hydrogens is 248 g/mol. The molecule has 0 amide bonds. The van der Waals surface area contributed by atoms with Crippen molar-refractivity contribution in [2.45, 2.75) is 38.3 Å². The van der Waals surface area contributed by atoms with E-state index < -0.39 is 0 Å². The second-order valence-electron chi connectivity index (χ2n) is 6.02. The number of likely N-dealkylation sites (tertiary alicyclic amines) is 1. The molecule has 1 N–H and O–H groups in total. The molecule has 2 fully saturated rings. The summed E-state index contributed by atoms with van der Waals surface area (Å²) in [5.74, 6) is 0. The lowest BCUT2D eigenvalue weighted by Gasteiger charge is -2.32. The van der Waals surface area contributed by atoms with Gasteiger partial charge in [-0.05, 0) is 51.0 Å². The van der Waals surface area contributed by atoms with Gasteiger partial charge in [0.2, 0.25) is 0 Å². The van der Waals surface area contributed by atoms with Gasteiger partial charge in [-0.3, -0.25) is 9.88 Å². The molecule has 1 aromatic heterocycles. The minimum Gasteiger partial charge on any atom is -0.368 e. The highest BCUT2D eigenvalue weighted by Crippen LogP contribution is 2.27. The normalized spacial score (nSPS) is 24.2. The monoisotopic (exact) mass is 274 g/mol. The van der Waals surface area contributed by atoms with Crippen molar-refractivity contribution in [2.24, 2.45) is 0 Å². The maximum Gasteiger partial charge on any atom is 0.0598 e. The van der Waals surface area contributed by atoms with Crippen molar-refractivity contribution in [2.75, 3.05) is 38.1 Å². The Kier molecular flexibility index (Phi) is 4.53. The fourth-order valence-electron chi connectivity index (χ4n) is 3.58. The Bertz CT molecular complexity index is 428. The van der Waals surface area contributed by atoms with Crippen LogP contribution in [0.1, 0.15) is 31.2 Å². The third kappa shape index (κ3) is 2.96. The van der Waals surface area contributed by atoms with E-state index in [-0.39, 0.29) is 0 Å². The second kappa shape index (κ2) is 6.55. The van der Waals surface area contributed by atoms with Crippen LogP contribution < -0.4 is 10.2 Å². The van der Waals surface area contributed by atoms with Crippen LogP contribution in [-0.4, -0.2) is 49.2 Å². The second-order valence-corrected chi connectivity index (χ2v) is 6.02. The van der Waals surface area contributed by atoms with E-state index in [4.69, 9.17) is 0 Å². The molecule has 2 saturated heterocycles. The Labute approximate surface area is 122 Å². The molecule has 0 radical (unpaired) electrons. The van der Waals surface area contributed by atoms with Crippen LogP contribution in [0.25, 0.3) is 0 Å². The van der Waals surface area contributed by atoms with Crippen molar-refractivity contribution < 1.29 is 0 Å². The number of piperidine rings is 1. The van der Waals surface area contributed by atoms with Gasteiger partial charge in [0, 0.05) is 31.9 Å². The molecule has 1 unspecified atom stereocenters. The van der Waals surface area contributed by atoms with Crippen LogP contribution in [0.5, 0.6) is 0 Å². The van der Waals surface area contributed by atoms with Gasteiger partial charge in [-0.2, -0.15) is 0 Å². The summed E-state index contributed by atoms with van der Waals surface area (Å²) in [6, 6.07) is 2.89. The van der Waals surface area contributed by atoms with Crippen LogP contribution in [0.15, 0.2) is 18.5 Å². The molecule has 0 bridgehead atoms. The quantitative estimate of drug-likeness (QED) is 0.908. The molecule has 0 aliphatic carbocycles. The van der Waals surface area contributed by atoms with Crippen molar-refractivity contribution in [1.82, 2.24) is 15.2 Å². The number of hydrogen-bond acceptors (Lipinski definition) is 4. The van der Waals surface area contributed by atoms with Crippen molar-refractivity contribution in [3.8, 4) is 0 Å². The van der Waals surface area contributed by atoms with Gasteiger partial charge >= 0.3 is 0 Å². The van der Waals surface area contributed by atoms with Crippen LogP contribution in [0.4, 0.5) is 5.69 Å². The lowest BCUT2D eigenvalue weighted by Crippen LogP contribution is -2.41. The molecule has 0 saturated carbocycles. The van der Waals surface area contributed by atoms with Gasteiger partial charge in [-0.1, -0.05) is 6.42 Å². The molecule has 0 spiro atoms. The van der Waals surface area contributed by atoms with Gasteiger partial charge in [0.05, 0.1) is 11.9 Å². The summed E-state index contributed by atoms with van der Waals surface area (Å²) in [5, 5.41) is 3.26. The van der Waals surface area contributed by atoms with Crippen LogP contribution in [0, 0.1) is 0 Å². The number of anilines is 1. The van der Waals surface area contributed by atoms with E-state index in [1.807, 2.05) is 19.4 Å². The molecule has 3 rings (SSSR count). The van der Waals surface area contributed by atoms with E-state index in [1.54, 1.807) is 0 Å². The van der Waals surface area contributed by atoms with E-state index in [1.165, 1.54) is 63.1 Å². The summed E-state index contributed by atoms with van der Waals surface area (Å²) in [5.41, 5.74) is 2.68. The van der Waals surface area contributed by atoms with Gasteiger partial charge in [0.25, 0.3) is 0 Å². The first-order valence-electron chi connectivity index (χ1n) is 7.95. The maximum atomic E-state index is 4.33. The minimum absolute atomic E-state index is 0.748. The zero-order valence-corrected chi connectivity index (χ0v) is 12.5. The third-order valence-corrected chi connectivity index (χ3v) is 4.67. The molecular formula is C16H26N4. The standard InChI is InChI=1S/C16H26N4/c1-17-11-14-5-7-18-12-16(14)20-10-6-15(13-20)19-8-3-2-4-9-19/h5,7,12,15,17H,2-4,6,8-11,13H2,1H3. The Morgan fingerprint density at radius 1 is 1.25 bits per heavy atom. The maximum absolute atomic E-state index is 4.33. The molecule has 20 heavy (non-hydrogen) atoms. The van der Waals surface area contributed by atoms with Crippen LogP contribution in [-0.2, 0) is 6.54 Å². The number of rotatable bonds is 4. The first-order valence-corrected chi connectivity index (χ1v) is 7.95. The Morgan fingerprint density at radius 3 is 2.90 bits per heavy atom. The lowest BCUT2D eigenvalue weighted by molar-refractivity contribution is 0.175. The number of nitrogens with zero attached hydrogens (tertiary/aromatic N) is 3. The van der Waals surface area contributed by atoms with Crippen molar-refractivity contribution >= 4 is 5.69 Å². The average molecular weight is 274 g/mol. The molecule has 2 aliphatic heterocycles. The van der Waals surface area contributed by atoms with E-state index >= 15 is 0 Å². The summed E-state index contributed by atoms with van der Waals surface area (Å²) < 4.78 is 0. The molecule has 3 heterocycles. The highest BCUT2D eigenvalue weighted by Gasteiger charge is 2.29. The van der Waals surface area contributed by atoms with Gasteiger partial charge in [-0.25, -0.2) is 0 Å².